The number of nitrogens with one attached hydrogen (secondary N) is 1. The van der Waals surface area contributed by atoms with Gasteiger partial charge in [-0.05, 0) is 0 Å². The summed E-state index contributed by atoms with van der Waals surface area (Å²) in [7, 11) is 0. The Kier molecular flexibility index (Phi) is 13.4. The van der Waals surface area contributed by atoms with E-state index < -0.39 is 0 Å². The maximum absolute atomic E-state index is 6.00. The molecule has 0 aliphatic rings. The molecule has 0 fully saturated rings. The first-order valence-corrected chi connectivity index (χ1v) is 0.998. The molecule has 0 atom stereocenters. The molecule has 5 heteroatoms. The van der Waals surface area contributed by atoms with Crippen LogP contribution in [0, 0.1) is 5.53 Å². The van der Waals surface area contributed by atoms with Crippen LogP contribution in [-0.2, 0) is 16.5 Å². The molecule has 0 aliphatic carbocycles. The van der Waals surface area contributed by atoms with E-state index in [-0.39, 0.29) is 16.5 Å². The van der Waals surface area contributed by atoms with Crippen molar-refractivity contribution in [3.63, 3.8) is 0 Å². The Hall–Kier alpha value is -0.436. The molecular formula is CH4N4Ni. The van der Waals surface area contributed by atoms with Gasteiger partial charge in [0.25, 0.3) is 0 Å². The van der Waals surface area contributed by atoms with Crippen molar-refractivity contribution < 1.29 is 16.5 Å². The van der Waals surface area contributed by atoms with Crippen LogP contribution in [0.3, 0.4) is 0 Å². The second kappa shape index (κ2) is 8.82. The minimum Gasteiger partial charge on any atom is -0.322 e. The van der Waals surface area contributed by atoms with Crippen LogP contribution >= 0.6 is 0 Å². The molecule has 0 heterocycles. The van der Waals surface area contributed by atoms with E-state index in [1.807, 2.05) is 0 Å². The van der Waals surface area contributed by atoms with Crippen LogP contribution in [0.15, 0.2) is 10.2 Å². The van der Waals surface area contributed by atoms with Crippen molar-refractivity contribution in [2.75, 3.05) is 0 Å². The standard InChI is InChI=1S/CH4N4.Ni/c2-4-1-5-3;/h1-2H,3H2;/b4-2?,5-1+;. The zero-order valence-electron chi connectivity index (χ0n) is 2.87. The van der Waals surface area contributed by atoms with Crippen LogP contribution in [0.1, 0.15) is 0 Å². The Balaban J connectivity index is 0. The van der Waals surface area contributed by atoms with Gasteiger partial charge in [-0.2, -0.15) is 5.10 Å². The third-order valence-corrected chi connectivity index (χ3v) is 0.124. The summed E-state index contributed by atoms with van der Waals surface area (Å²) < 4.78 is 0. The molecule has 0 aromatic rings. The zero-order valence-corrected chi connectivity index (χ0v) is 3.85. The molecule has 38 valence electrons. The Morgan fingerprint density at radius 1 is 1.67 bits per heavy atom. The Labute approximate surface area is 45.2 Å². The van der Waals surface area contributed by atoms with Crippen LogP contribution < -0.4 is 5.84 Å². The Morgan fingerprint density at radius 2 is 2.17 bits per heavy atom. The predicted octanol–water partition coefficient (Wildman–Crippen LogP) is -0.0831. The van der Waals surface area contributed by atoms with E-state index in [9.17, 15) is 0 Å². The molecule has 6 heavy (non-hydrogen) atoms. The van der Waals surface area contributed by atoms with Gasteiger partial charge in [-0.15, -0.1) is 5.11 Å². The summed E-state index contributed by atoms with van der Waals surface area (Å²) in [4.78, 5) is 0. The quantitative estimate of drug-likeness (QED) is 0.128. The van der Waals surface area contributed by atoms with Gasteiger partial charge in [-0.25, -0.2) is 5.53 Å². The first-order valence-electron chi connectivity index (χ1n) is 0.998. The molecule has 0 aromatic heterocycles. The van der Waals surface area contributed by atoms with Crippen LogP contribution in [0.2, 0.25) is 0 Å². The van der Waals surface area contributed by atoms with Gasteiger partial charge in [0.05, 0.1) is 0 Å². The maximum atomic E-state index is 6.00. The van der Waals surface area contributed by atoms with E-state index in [1.165, 1.54) is 0 Å². The molecule has 0 saturated carbocycles. The molecule has 3 N–H and O–H groups in total. The molecule has 0 aromatic carbocycles. The van der Waals surface area contributed by atoms with Crippen molar-refractivity contribution in [2.24, 2.45) is 16.1 Å². The van der Waals surface area contributed by atoms with Gasteiger partial charge < -0.3 is 5.84 Å². The summed E-state index contributed by atoms with van der Waals surface area (Å²) in [5, 5.41) is 5.56. The summed E-state index contributed by atoms with van der Waals surface area (Å²) in [5.74, 6) is 4.49. The fourth-order valence-electron chi connectivity index (χ4n) is 0.0333. The fraction of sp³-hybridized carbons (Fsp3) is 0. The van der Waals surface area contributed by atoms with E-state index in [4.69, 9.17) is 5.53 Å². The van der Waals surface area contributed by atoms with Crippen LogP contribution in [0.4, 0.5) is 0 Å². The van der Waals surface area contributed by atoms with Crippen molar-refractivity contribution in [1.29, 1.82) is 5.53 Å². The van der Waals surface area contributed by atoms with Gasteiger partial charge >= 0.3 is 0 Å². The average Bonchev–Trinajstić information content (AvgIpc) is 1.41. The van der Waals surface area contributed by atoms with Gasteiger partial charge in [-0.1, -0.05) is 0 Å². The third-order valence-electron chi connectivity index (χ3n) is 0.124. The number of nitrogens with zero attached hydrogens (tertiary/aromatic N) is 2. The van der Waals surface area contributed by atoms with Crippen molar-refractivity contribution >= 4 is 6.34 Å². The number of nitrogens with two attached hydrogens (primary N) is 1. The molecule has 0 bridgehead atoms. The molecule has 0 unspecified atom stereocenters. The number of hydrogen-bond donors (Lipinski definition) is 2. The molecule has 0 rings (SSSR count). The monoisotopic (exact) mass is 130 g/mol. The summed E-state index contributed by atoms with van der Waals surface area (Å²) in [6.45, 7) is 0. The van der Waals surface area contributed by atoms with Gasteiger partial charge in [0, 0.05) is 16.5 Å². The molecule has 0 radical (unpaired) electrons. The van der Waals surface area contributed by atoms with Crippen molar-refractivity contribution in [3.8, 4) is 0 Å². The van der Waals surface area contributed by atoms with Gasteiger partial charge in [0.15, 0.2) is 6.34 Å². The topological polar surface area (TPSA) is 74.6 Å². The summed E-state index contributed by atoms with van der Waals surface area (Å²) in [6, 6.07) is 0. The SMILES string of the molecule is N=N/C=N/N.[Ni]. The predicted molar refractivity (Wildman–Crippen MR) is 17.8 cm³/mol. The summed E-state index contributed by atoms with van der Waals surface area (Å²) >= 11 is 0. The van der Waals surface area contributed by atoms with E-state index in [0.717, 1.165) is 6.34 Å². The first kappa shape index (κ1) is 9.12. The molecule has 0 aliphatic heterocycles. The van der Waals surface area contributed by atoms with Gasteiger partial charge in [0.2, 0.25) is 0 Å². The van der Waals surface area contributed by atoms with Crippen LogP contribution in [0.5, 0.6) is 0 Å². The molecule has 0 amide bonds. The van der Waals surface area contributed by atoms with Crippen molar-refractivity contribution in [1.82, 2.24) is 0 Å². The third kappa shape index (κ3) is 9.58. The smallest absolute Gasteiger partial charge is 0.156 e. The fourth-order valence-corrected chi connectivity index (χ4v) is 0.0333. The normalized spacial score (nSPS) is 7.33. The first-order chi connectivity index (χ1) is 2.41. The summed E-state index contributed by atoms with van der Waals surface area (Å²) in [5.41, 5.74) is 6.00. The maximum Gasteiger partial charge on any atom is 0.156 e. The van der Waals surface area contributed by atoms with Crippen molar-refractivity contribution in [3.05, 3.63) is 0 Å². The van der Waals surface area contributed by atoms with E-state index in [2.05, 4.69) is 16.1 Å². The Bertz CT molecular complexity index is 49.5. The number of rotatable bonds is 1. The zero-order chi connectivity index (χ0) is 4.12. The van der Waals surface area contributed by atoms with Crippen LogP contribution in [0.25, 0.3) is 0 Å². The summed E-state index contributed by atoms with van der Waals surface area (Å²) in [6.07, 6.45) is 0.944. The molecule has 0 saturated heterocycles. The molecular weight excluding hydrogens is 127 g/mol. The number of hydrazone groups is 1. The van der Waals surface area contributed by atoms with Crippen LogP contribution in [-0.4, -0.2) is 6.34 Å². The van der Waals surface area contributed by atoms with Crippen molar-refractivity contribution in [2.45, 2.75) is 0 Å². The minimum absolute atomic E-state index is 0. The van der Waals surface area contributed by atoms with E-state index in [0.29, 0.717) is 0 Å². The molecule has 4 nitrogen and oxygen atoms in total. The average molecular weight is 131 g/mol. The van der Waals surface area contributed by atoms with E-state index in [1.54, 1.807) is 0 Å². The second-order valence-corrected chi connectivity index (χ2v) is 0.394. The van der Waals surface area contributed by atoms with E-state index >= 15 is 0 Å². The second-order valence-electron chi connectivity index (χ2n) is 0.394. The Morgan fingerprint density at radius 3 is 2.17 bits per heavy atom. The number of hydrogen-bond acceptors (Lipinski definition) is 3. The van der Waals surface area contributed by atoms with Gasteiger partial charge in [0.1, 0.15) is 0 Å². The van der Waals surface area contributed by atoms with Gasteiger partial charge in [-0.3, -0.25) is 0 Å². The molecule has 0 spiro atoms. The largest absolute Gasteiger partial charge is 0.322 e. The minimum atomic E-state index is 0.